The van der Waals surface area contributed by atoms with Crippen LogP contribution >= 0.6 is 0 Å². The Labute approximate surface area is 198 Å². The minimum atomic E-state index is -3.95. The van der Waals surface area contributed by atoms with Gasteiger partial charge in [0.15, 0.2) is 11.6 Å². The minimum absolute atomic E-state index is 0.150. The Morgan fingerprint density at radius 1 is 1.03 bits per heavy atom. The molecule has 0 amide bonds. The van der Waals surface area contributed by atoms with Crippen molar-refractivity contribution in [3.05, 3.63) is 59.4 Å². The first-order valence-electron chi connectivity index (χ1n) is 11.5. The number of benzene rings is 2. The molecule has 1 saturated carbocycles. The zero-order chi connectivity index (χ0) is 25.0. The monoisotopic (exact) mass is 489 g/mol. The Balaban J connectivity index is 0.000000271. The van der Waals surface area contributed by atoms with Crippen LogP contribution in [0.15, 0.2) is 36.7 Å². The Hall–Kier alpha value is -3.30. The summed E-state index contributed by atoms with van der Waals surface area (Å²) in [6.07, 6.45) is 1.08. The minimum Gasteiger partial charge on any atom is -0.325 e. The summed E-state index contributed by atoms with van der Waals surface area (Å²) >= 11 is 0. The second-order valence-electron chi connectivity index (χ2n) is 9.43. The summed E-state index contributed by atoms with van der Waals surface area (Å²) in [5.41, 5.74) is 2.60. The van der Waals surface area contributed by atoms with E-state index in [0.29, 0.717) is 36.5 Å². The van der Waals surface area contributed by atoms with E-state index in [1.165, 1.54) is 24.4 Å². The zero-order valence-electron chi connectivity index (χ0n) is 19.3. The molecule has 2 aromatic heterocycles. The zero-order valence-corrected chi connectivity index (χ0v) is 19.3. The van der Waals surface area contributed by atoms with Crippen LogP contribution in [0.3, 0.4) is 0 Å². The molecule has 2 aliphatic rings. The maximum absolute atomic E-state index is 14.9. The molecule has 3 heterocycles. The van der Waals surface area contributed by atoms with Gasteiger partial charge in [0.05, 0.1) is 16.3 Å². The van der Waals surface area contributed by atoms with Gasteiger partial charge in [0, 0.05) is 12.2 Å². The van der Waals surface area contributed by atoms with Gasteiger partial charge in [0.25, 0.3) is 5.78 Å². The fourth-order valence-corrected chi connectivity index (χ4v) is 4.42. The highest BCUT2D eigenvalue weighted by atomic mass is 19.4. The van der Waals surface area contributed by atoms with Crippen molar-refractivity contribution in [3.63, 3.8) is 0 Å². The van der Waals surface area contributed by atoms with Crippen LogP contribution in [-0.4, -0.2) is 32.3 Å². The summed E-state index contributed by atoms with van der Waals surface area (Å²) < 4.78 is 65.5. The van der Waals surface area contributed by atoms with Gasteiger partial charge in [-0.25, -0.2) is 8.78 Å². The Bertz CT molecular complexity index is 1400. The molecule has 35 heavy (non-hydrogen) atoms. The van der Waals surface area contributed by atoms with Crippen molar-refractivity contribution >= 4 is 28.2 Å². The van der Waals surface area contributed by atoms with Gasteiger partial charge in [-0.1, -0.05) is 19.1 Å². The van der Waals surface area contributed by atoms with E-state index in [1.54, 1.807) is 10.5 Å². The van der Waals surface area contributed by atoms with Crippen LogP contribution in [0.1, 0.15) is 43.7 Å². The van der Waals surface area contributed by atoms with Gasteiger partial charge in [-0.3, -0.25) is 4.40 Å². The highest BCUT2D eigenvalue weighted by molar-refractivity contribution is 5.94. The average molecular weight is 489 g/mol. The molecule has 1 aliphatic carbocycles. The molecule has 2 aromatic carbocycles. The number of anilines is 2. The lowest BCUT2D eigenvalue weighted by Gasteiger charge is -2.26. The summed E-state index contributed by atoms with van der Waals surface area (Å²) in [7, 11) is 0. The quantitative estimate of drug-likeness (QED) is 0.280. The number of aryl methyl sites for hydroxylation is 1. The van der Waals surface area contributed by atoms with Gasteiger partial charge in [0.2, 0.25) is 0 Å². The molecule has 0 bridgehead atoms. The second-order valence-corrected chi connectivity index (χ2v) is 9.43. The van der Waals surface area contributed by atoms with E-state index < -0.39 is 23.2 Å². The Morgan fingerprint density at radius 3 is 2.49 bits per heavy atom. The van der Waals surface area contributed by atoms with E-state index >= 15 is 0 Å². The molecular weight excluding hydrogens is 465 g/mol. The van der Waals surface area contributed by atoms with Crippen molar-refractivity contribution in [2.24, 2.45) is 5.41 Å². The van der Waals surface area contributed by atoms with E-state index in [4.69, 9.17) is 0 Å². The standard InChI is InChI=1S/C20H17F2N5.C5H7F3/c1-12-5-4-7-15-13(12)6-2-3-10-26(15)19-17-16(9-8-14(21)18(17)22)27-11-23-25-20(27)24-19;1-4(2-3-4)5(6,7)8/h4-5,7-9,11H,2-3,6,10H2,1H3;2-3H2,1H3. The third kappa shape index (κ3) is 4.08. The molecule has 0 unspecified atom stereocenters. The smallest absolute Gasteiger partial charge is 0.325 e. The fraction of sp³-hybridized carbons (Fsp3) is 0.400. The molecule has 10 heteroatoms. The fourth-order valence-electron chi connectivity index (χ4n) is 4.42. The predicted octanol–water partition coefficient (Wildman–Crippen LogP) is 6.69. The molecule has 0 N–H and O–H groups in total. The third-order valence-electron chi connectivity index (χ3n) is 6.97. The molecule has 0 spiro atoms. The van der Waals surface area contributed by atoms with Crippen LogP contribution in [0.2, 0.25) is 0 Å². The number of rotatable bonds is 1. The molecule has 1 fully saturated rings. The van der Waals surface area contributed by atoms with Crippen molar-refractivity contribution in [2.45, 2.75) is 52.1 Å². The SMILES string of the molecule is CC1(C(F)(F)F)CC1.Cc1cccc2c1CCCCN2c1nc2nncn2c2ccc(F)c(F)c12. The van der Waals surface area contributed by atoms with Gasteiger partial charge >= 0.3 is 6.18 Å². The van der Waals surface area contributed by atoms with Crippen LogP contribution in [0.5, 0.6) is 0 Å². The van der Waals surface area contributed by atoms with Crippen molar-refractivity contribution < 1.29 is 22.0 Å². The lowest BCUT2D eigenvalue weighted by Crippen LogP contribution is -2.21. The van der Waals surface area contributed by atoms with Gasteiger partial charge in [-0.15, -0.1) is 10.2 Å². The number of nitrogens with zero attached hydrogens (tertiary/aromatic N) is 5. The molecule has 6 rings (SSSR count). The van der Waals surface area contributed by atoms with E-state index in [2.05, 4.69) is 28.2 Å². The number of aromatic nitrogens is 4. The summed E-state index contributed by atoms with van der Waals surface area (Å²) in [6, 6.07) is 8.76. The van der Waals surface area contributed by atoms with E-state index in [9.17, 15) is 22.0 Å². The summed E-state index contributed by atoms with van der Waals surface area (Å²) in [5, 5.41) is 8.06. The topological polar surface area (TPSA) is 46.3 Å². The maximum atomic E-state index is 14.9. The first-order valence-corrected chi connectivity index (χ1v) is 11.5. The van der Waals surface area contributed by atoms with Crippen molar-refractivity contribution in [1.82, 2.24) is 19.6 Å². The number of hydrogen-bond acceptors (Lipinski definition) is 4. The molecular formula is C25H24F5N5. The van der Waals surface area contributed by atoms with Crippen LogP contribution in [0, 0.1) is 24.0 Å². The number of fused-ring (bicyclic) bond motifs is 4. The summed E-state index contributed by atoms with van der Waals surface area (Å²) in [5.74, 6) is -1.04. The summed E-state index contributed by atoms with van der Waals surface area (Å²) in [4.78, 5) is 6.56. The highest BCUT2D eigenvalue weighted by Crippen LogP contribution is 2.56. The lowest BCUT2D eigenvalue weighted by molar-refractivity contribution is -0.181. The van der Waals surface area contributed by atoms with E-state index in [0.717, 1.165) is 31.0 Å². The Morgan fingerprint density at radius 2 is 1.80 bits per heavy atom. The maximum Gasteiger partial charge on any atom is 0.394 e. The van der Waals surface area contributed by atoms with Crippen LogP contribution in [0.4, 0.5) is 33.5 Å². The average Bonchev–Trinajstić information content (AvgIpc) is 3.47. The van der Waals surface area contributed by atoms with Gasteiger partial charge in [0.1, 0.15) is 12.1 Å². The largest absolute Gasteiger partial charge is 0.394 e. The molecule has 4 aromatic rings. The van der Waals surface area contributed by atoms with Crippen molar-refractivity contribution in [2.75, 3.05) is 11.4 Å². The molecule has 0 saturated heterocycles. The van der Waals surface area contributed by atoms with E-state index in [1.807, 2.05) is 17.0 Å². The van der Waals surface area contributed by atoms with Gasteiger partial charge < -0.3 is 4.90 Å². The molecule has 0 radical (unpaired) electrons. The number of halogens is 5. The first kappa shape index (κ1) is 23.4. The van der Waals surface area contributed by atoms with Crippen LogP contribution in [0.25, 0.3) is 16.7 Å². The van der Waals surface area contributed by atoms with E-state index in [-0.39, 0.29) is 5.39 Å². The molecule has 184 valence electrons. The van der Waals surface area contributed by atoms with Crippen molar-refractivity contribution in [1.29, 1.82) is 0 Å². The first-order chi connectivity index (χ1) is 16.6. The normalized spacial score (nSPS) is 17.1. The Kier molecular flexibility index (Phi) is 5.64. The van der Waals surface area contributed by atoms with Gasteiger partial charge in [-0.05, 0) is 68.4 Å². The third-order valence-corrected chi connectivity index (χ3v) is 6.97. The van der Waals surface area contributed by atoms with Crippen LogP contribution in [-0.2, 0) is 6.42 Å². The number of alkyl halides is 3. The molecule has 5 nitrogen and oxygen atoms in total. The molecule has 0 atom stereocenters. The molecule has 1 aliphatic heterocycles. The highest BCUT2D eigenvalue weighted by Gasteiger charge is 2.59. The lowest BCUT2D eigenvalue weighted by atomic mass is 10.0. The second kappa shape index (κ2) is 8.42. The predicted molar refractivity (Wildman–Crippen MR) is 123 cm³/mol. The van der Waals surface area contributed by atoms with Gasteiger partial charge in [-0.2, -0.15) is 18.2 Å². The van der Waals surface area contributed by atoms with Crippen LogP contribution < -0.4 is 4.90 Å². The van der Waals surface area contributed by atoms with Crippen molar-refractivity contribution in [3.8, 4) is 0 Å². The number of hydrogen-bond donors (Lipinski definition) is 0. The summed E-state index contributed by atoms with van der Waals surface area (Å²) in [6.45, 7) is 4.02.